The Labute approximate surface area is 132 Å². The van der Waals surface area contributed by atoms with Gasteiger partial charge in [0.15, 0.2) is 5.65 Å². The van der Waals surface area contributed by atoms with E-state index in [4.69, 9.17) is 11.6 Å². The Morgan fingerprint density at radius 3 is 2.74 bits per heavy atom. The van der Waals surface area contributed by atoms with Crippen LogP contribution in [0.2, 0.25) is 5.15 Å². The number of imidazole rings is 1. The molecule has 7 nitrogen and oxygen atoms in total. The normalized spacial score (nSPS) is 12.9. The number of methoxy groups -OCH3 is 1. The van der Waals surface area contributed by atoms with Crippen molar-refractivity contribution in [1.82, 2.24) is 19.9 Å². The average molecular weight is 351 g/mol. The number of hydrogen-bond acceptors (Lipinski definition) is 5. The molecule has 2 rings (SSSR count). The zero-order chi connectivity index (χ0) is 17.2. The van der Waals surface area contributed by atoms with E-state index in [1.165, 1.54) is 16.8 Å². The van der Waals surface area contributed by atoms with Gasteiger partial charge in [0.05, 0.1) is 19.0 Å². The lowest BCUT2D eigenvalue weighted by atomic mass is 10.1. The van der Waals surface area contributed by atoms with E-state index in [1.54, 1.807) is 11.4 Å². The molecule has 23 heavy (non-hydrogen) atoms. The third-order valence-electron chi connectivity index (χ3n) is 2.80. The fourth-order valence-electron chi connectivity index (χ4n) is 1.79. The van der Waals surface area contributed by atoms with E-state index >= 15 is 0 Å². The second-order valence-corrected chi connectivity index (χ2v) is 4.83. The molecule has 11 heteroatoms. The fraction of sp³-hybridized carbons (Fsp3) is 0.333. The van der Waals surface area contributed by atoms with Crippen LogP contribution < -0.4 is 5.32 Å². The number of carbonyl (C=O) groups excluding carboxylic acids is 2. The molecule has 0 unspecified atom stereocenters. The van der Waals surface area contributed by atoms with Crippen molar-refractivity contribution in [3.05, 3.63) is 29.2 Å². The Morgan fingerprint density at radius 1 is 1.43 bits per heavy atom. The van der Waals surface area contributed by atoms with E-state index in [0.29, 0.717) is 5.65 Å². The van der Waals surface area contributed by atoms with Gasteiger partial charge in [0.25, 0.3) is 0 Å². The van der Waals surface area contributed by atoms with Gasteiger partial charge in [-0.15, -0.1) is 0 Å². The quantitative estimate of drug-likeness (QED) is 0.836. The Balaban J connectivity index is 2.22. The molecule has 2 aromatic rings. The summed E-state index contributed by atoms with van der Waals surface area (Å²) in [6.07, 6.45) is -4.02. The van der Waals surface area contributed by atoms with Gasteiger partial charge < -0.3 is 10.1 Å². The minimum Gasteiger partial charge on any atom is -0.467 e. The maximum atomic E-state index is 12.3. The first-order valence-corrected chi connectivity index (χ1v) is 6.55. The van der Waals surface area contributed by atoms with Crippen LogP contribution in [0, 0.1) is 0 Å². The van der Waals surface area contributed by atoms with Gasteiger partial charge in [-0.25, -0.2) is 14.3 Å². The van der Waals surface area contributed by atoms with E-state index in [1.807, 2.05) is 0 Å². The van der Waals surface area contributed by atoms with Crippen molar-refractivity contribution in [3.8, 4) is 0 Å². The Hall–Kier alpha value is -2.36. The van der Waals surface area contributed by atoms with Crippen LogP contribution in [0.15, 0.2) is 18.3 Å². The zero-order valence-electron chi connectivity index (χ0n) is 11.6. The number of fused-ring (bicyclic) bond motifs is 1. The van der Waals surface area contributed by atoms with Crippen LogP contribution >= 0.6 is 11.6 Å². The van der Waals surface area contributed by atoms with E-state index in [2.05, 4.69) is 14.8 Å². The summed E-state index contributed by atoms with van der Waals surface area (Å²) in [5.41, 5.74) is 0.618. The fourth-order valence-corrected chi connectivity index (χ4v) is 1.94. The minimum atomic E-state index is -5.11. The van der Waals surface area contributed by atoms with E-state index in [-0.39, 0.29) is 17.3 Å². The van der Waals surface area contributed by atoms with E-state index in [9.17, 15) is 22.8 Å². The van der Waals surface area contributed by atoms with E-state index < -0.39 is 24.1 Å². The smallest absolute Gasteiger partial charge is 0.467 e. The summed E-state index contributed by atoms with van der Waals surface area (Å²) in [6.45, 7) is 0. The van der Waals surface area contributed by atoms with Crippen molar-refractivity contribution < 1.29 is 27.5 Å². The maximum Gasteiger partial charge on any atom is 0.471 e. The maximum absolute atomic E-state index is 12.3. The monoisotopic (exact) mass is 350 g/mol. The van der Waals surface area contributed by atoms with E-state index in [0.717, 1.165) is 7.11 Å². The molecule has 1 N–H and O–H groups in total. The summed E-state index contributed by atoms with van der Waals surface area (Å²) in [7, 11) is 1.00. The van der Waals surface area contributed by atoms with Gasteiger partial charge in [0.2, 0.25) is 0 Å². The van der Waals surface area contributed by atoms with Crippen LogP contribution in [-0.4, -0.2) is 45.8 Å². The van der Waals surface area contributed by atoms with Crippen LogP contribution in [0.3, 0.4) is 0 Å². The minimum absolute atomic E-state index is 0.191. The van der Waals surface area contributed by atoms with Crippen molar-refractivity contribution in [3.63, 3.8) is 0 Å². The van der Waals surface area contributed by atoms with Crippen LogP contribution in [0.5, 0.6) is 0 Å². The lowest BCUT2D eigenvalue weighted by molar-refractivity contribution is -0.175. The molecule has 1 amide bonds. The molecule has 0 spiro atoms. The molecule has 2 aromatic heterocycles. The molecule has 0 fully saturated rings. The number of halogens is 4. The number of ether oxygens (including phenoxy) is 1. The summed E-state index contributed by atoms with van der Waals surface area (Å²) in [6, 6.07) is 1.49. The summed E-state index contributed by atoms with van der Waals surface area (Å²) in [5.74, 6) is -3.26. The highest BCUT2D eigenvalue weighted by Crippen LogP contribution is 2.16. The van der Waals surface area contributed by atoms with Crippen molar-refractivity contribution in [2.75, 3.05) is 7.11 Å². The molecular formula is C12H10ClF3N4O3. The highest BCUT2D eigenvalue weighted by atomic mass is 35.5. The van der Waals surface area contributed by atoms with Crippen molar-refractivity contribution in [1.29, 1.82) is 0 Å². The Kier molecular flexibility index (Phi) is 4.73. The summed E-state index contributed by atoms with van der Waals surface area (Å²) in [5, 5.41) is 5.67. The first-order valence-electron chi connectivity index (χ1n) is 6.17. The zero-order valence-corrected chi connectivity index (χ0v) is 12.4. The number of nitrogens with zero attached hydrogens (tertiary/aromatic N) is 3. The van der Waals surface area contributed by atoms with Crippen molar-refractivity contribution in [2.45, 2.75) is 18.6 Å². The van der Waals surface area contributed by atoms with Gasteiger partial charge in [-0.2, -0.15) is 18.3 Å². The number of hydrogen-bond donors (Lipinski definition) is 1. The molecule has 0 aromatic carbocycles. The molecule has 1 atom stereocenters. The topological polar surface area (TPSA) is 85.6 Å². The number of rotatable bonds is 4. The summed E-state index contributed by atoms with van der Waals surface area (Å²) < 4.78 is 42.7. The lowest BCUT2D eigenvalue weighted by Gasteiger charge is -2.16. The number of amides is 1. The largest absolute Gasteiger partial charge is 0.471 e. The molecule has 0 bridgehead atoms. The second-order valence-electron chi connectivity index (χ2n) is 4.44. The molecule has 0 aliphatic carbocycles. The molecular weight excluding hydrogens is 341 g/mol. The average Bonchev–Trinajstić information content (AvgIpc) is 2.86. The van der Waals surface area contributed by atoms with Crippen molar-refractivity contribution >= 4 is 29.1 Å². The van der Waals surface area contributed by atoms with Gasteiger partial charge in [-0.3, -0.25) is 4.79 Å². The predicted octanol–water partition coefficient (Wildman–Crippen LogP) is 1.15. The van der Waals surface area contributed by atoms with Crippen LogP contribution in [0.1, 0.15) is 5.69 Å². The first kappa shape index (κ1) is 17.0. The van der Waals surface area contributed by atoms with Crippen LogP contribution in [0.25, 0.3) is 5.65 Å². The van der Waals surface area contributed by atoms with Crippen molar-refractivity contribution in [2.24, 2.45) is 0 Å². The molecule has 2 heterocycles. The highest BCUT2D eigenvalue weighted by molar-refractivity contribution is 6.29. The highest BCUT2D eigenvalue weighted by Gasteiger charge is 2.41. The number of alkyl halides is 3. The SMILES string of the molecule is COC(=O)[C@H](Cc1cn2nc(Cl)ccc2n1)NC(=O)C(F)(F)F. The summed E-state index contributed by atoms with van der Waals surface area (Å²) in [4.78, 5) is 26.7. The number of carbonyl (C=O) groups is 2. The van der Waals surface area contributed by atoms with Crippen LogP contribution in [-0.2, 0) is 20.7 Å². The predicted molar refractivity (Wildman–Crippen MR) is 71.7 cm³/mol. The van der Waals surface area contributed by atoms with Gasteiger partial charge in [-0.1, -0.05) is 11.6 Å². The van der Waals surface area contributed by atoms with Gasteiger partial charge in [0, 0.05) is 6.42 Å². The molecule has 0 radical (unpaired) electrons. The lowest BCUT2D eigenvalue weighted by Crippen LogP contribution is -2.48. The first-order chi connectivity index (χ1) is 10.7. The van der Waals surface area contributed by atoms with Crippen LogP contribution in [0.4, 0.5) is 13.2 Å². The molecule has 124 valence electrons. The second kappa shape index (κ2) is 6.41. The standard InChI is InChI=1S/C12H10ClF3N4O3/c1-23-10(21)7(18-11(22)12(14,15)16)4-6-5-20-9(17-6)3-2-8(13)19-20/h2-3,5,7H,4H2,1H3,(H,18,22)/t7-/m0/s1. The number of aromatic nitrogens is 3. The Bertz CT molecular complexity index is 747. The summed E-state index contributed by atoms with van der Waals surface area (Å²) >= 11 is 5.71. The van der Waals surface area contributed by atoms with Gasteiger partial charge in [0.1, 0.15) is 11.2 Å². The molecule has 0 aliphatic rings. The number of esters is 1. The third-order valence-corrected chi connectivity index (χ3v) is 3.00. The van der Waals surface area contributed by atoms with Gasteiger partial charge >= 0.3 is 18.1 Å². The molecule has 0 saturated heterocycles. The molecule has 0 saturated carbocycles. The Morgan fingerprint density at radius 2 is 2.13 bits per heavy atom. The molecule has 0 aliphatic heterocycles. The third kappa shape index (κ3) is 4.09. The van der Waals surface area contributed by atoms with Gasteiger partial charge in [-0.05, 0) is 12.1 Å². The number of nitrogens with one attached hydrogen (secondary N) is 1.